The van der Waals surface area contributed by atoms with E-state index in [1.807, 2.05) is 30.3 Å². The lowest BCUT2D eigenvalue weighted by Gasteiger charge is -2.17. The van der Waals surface area contributed by atoms with Gasteiger partial charge in [-0.15, -0.1) is 0 Å². The van der Waals surface area contributed by atoms with Crippen molar-refractivity contribution in [3.8, 4) is 11.8 Å². The van der Waals surface area contributed by atoms with Gasteiger partial charge in [0.15, 0.2) is 5.78 Å². The molecule has 1 saturated heterocycles. The van der Waals surface area contributed by atoms with Crippen molar-refractivity contribution in [3.63, 3.8) is 0 Å². The number of hydrogen-bond acceptors (Lipinski definition) is 5. The molecule has 1 amide bonds. The van der Waals surface area contributed by atoms with Gasteiger partial charge < -0.3 is 9.64 Å². The molecule has 3 rings (SSSR count). The van der Waals surface area contributed by atoms with Crippen molar-refractivity contribution >= 4 is 11.7 Å². The number of rotatable bonds is 6. The largest absolute Gasteiger partial charge is 0.497 e. The molecule has 6 heteroatoms. The van der Waals surface area contributed by atoms with Gasteiger partial charge in [-0.1, -0.05) is 18.2 Å². The molecule has 0 aliphatic carbocycles. The molecule has 1 aliphatic rings. The standard InChI is InChI=1S/C20H19N3O3/c1-26-16-7-5-14(6-8-16)12-23-13-15(10-19(23)24)20(25)17(11-21)18-4-2-3-9-22-18/h2-9,15,17H,10,12-13H2,1H3. The van der Waals surface area contributed by atoms with Crippen LogP contribution < -0.4 is 4.74 Å². The number of nitrogens with zero attached hydrogens (tertiary/aromatic N) is 3. The summed E-state index contributed by atoms with van der Waals surface area (Å²) in [5, 5.41) is 9.41. The minimum absolute atomic E-state index is 0.0723. The van der Waals surface area contributed by atoms with Gasteiger partial charge in [0, 0.05) is 31.6 Å². The summed E-state index contributed by atoms with van der Waals surface area (Å²) in [5.41, 5.74) is 1.40. The van der Waals surface area contributed by atoms with E-state index in [2.05, 4.69) is 4.98 Å². The summed E-state index contributed by atoms with van der Waals surface area (Å²) < 4.78 is 5.13. The molecule has 26 heavy (non-hydrogen) atoms. The number of hydrogen-bond donors (Lipinski definition) is 0. The van der Waals surface area contributed by atoms with Gasteiger partial charge >= 0.3 is 0 Å². The minimum atomic E-state index is -0.935. The van der Waals surface area contributed by atoms with Crippen LogP contribution in [0.2, 0.25) is 0 Å². The van der Waals surface area contributed by atoms with E-state index in [-0.39, 0.29) is 18.1 Å². The van der Waals surface area contributed by atoms with Gasteiger partial charge in [0.25, 0.3) is 0 Å². The smallest absolute Gasteiger partial charge is 0.223 e. The first-order valence-electron chi connectivity index (χ1n) is 8.37. The van der Waals surface area contributed by atoms with Gasteiger partial charge in [0.05, 0.1) is 18.9 Å². The lowest BCUT2D eigenvalue weighted by molar-refractivity contribution is -0.129. The Hall–Kier alpha value is -3.20. The number of Topliss-reactive ketones (excluding diaryl/α,β-unsaturated/α-hetero) is 1. The number of ketones is 1. The number of methoxy groups -OCH3 is 1. The molecule has 6 nitrogen and oxygen atoms in total. The van der Waals surface area contributed by atoms with Crippen LogP contribution in [0.25, 0.3) is 0 Å². The van der Waals surface area contributed by atoms with Gasteiger partial charge in [0.2, 0.25) is 5.91 Å². The van der Waals surface area contributed by atoms with E-state index < -0.39 is 11.8 Å². The number of pyridine rings is 1. The molecule has 0 N–H and O–H groups in total. The zero-order valence-electron chi connectivity index (χ0n) is 14.5. The molecule has 0 spiro atoms. The maximum Gasteiger partial charge on any atom is 0.223 e. The predicted molar refractivity (Wildman–Crippen MR) is 94.1 cm³/mol. The van der Waals surface area contributed by atoms with E-state index in [4.69, 9.17) is 4.74 Å². The molecule has 2 atom stereocenters. The highest BCUT2D eigenvalue weighted by Gasteiger charge is 2.38. The number of nitriles is 1. The molecular formula is C20H19N3O3. The van der Waals surface area contributed by atoms with Crippen molar-refractivity contribution in [2.24, 2.45) is 5.92 Å². The van der Waals surface area contributed by atoms with Crippen LogP contribution in [-0.4, -0.2) is 35.2 Å². The summed E-state index contributed by atoms with van der Waals surface area (Å²) in [6.45, 7) is 0.766. The lowest BCUT2D eigenvalue weighted by Crippen LogP contribution is -2.27. The zero-order chi connectivity index (χ0) is 18.5. The second-order valence-corrected chi connectivity index (χ2v) is 6.24. The maximum absolute atomic E-state index is 12.7. The first-order chi connectivity index (χ1) is 12.6. The van der Waals surface area contributed by atoms with E-state index in [1.165, 1.54) is 0 Å². The van der Waals surface area contributed by atoms with Crippen molar-refractivity contribution in [1.29, 1.82) is 5.26 Å². The number of likely N-dealkylation sites (tertiary alicyclic amines) is 1. The molecule has 2 heterocycles. The third-order valence-electron chi connectivity index (χ3n) is 4.55. The van der Waals surface area contributed by atoms with E-state index in [1.54, 1.807) is 36.4 Å². The predicted octanol–water partition coefficient (Wildman–Crippen LogP) is 2.32. The number of carbonyl (C=O) groups is 2. The highest BCUT2D eigenvalue weighted by Crippen LogP contribution is 2.27. The number of benzene rings is 1. The second kappa shape index (κ2) is 7.79. The van der Waals surface area contributed by atoms with Crippen LogP contribution in [0, 0.1) is 17.2 Å². The second-order valence-electron chi connectivity index (χ2n) is 6.24. The van der Waals surface area contributed by atoms with E-state index in [9.17, 15) is 14.9 Å². The van der Waals surface area contributed by atoms with Gasteiger partial charge in [0.1, 0.15) is 11.7 Å². The number of ether oxygens (including phenoxy) is 1. The number of amides is 1. The van der Waals surface area contributed by atoms with Crippen molar-refractivity contribution in [3.05, 3.63) is 59.9 Å². The van der Waals surface area contributed by atoms with E-state index >= 15 is 0 Å². The fourth-order valence-electron chi connectivity index (χ4n) is 3.12. The van der Waals surface area contributed by atoms with Gasteiger partial charge in [-0.25, -0.2) is 0 Å². The third-order valence-corrected chi connectivity index (χ3v) is 4.55. The molecule has 0 radical (unpaired) electrons. The Labute approximate surface area is 152 Å². The molecule has 1 aliphatic heterocycles. The molecule has 0 saturated carbocycles. The highest BCUT2D eigenvalue weighted by atomic mass is 16.5. The number of aromatic nitrogens is 1. The van der Waals surface area contributed by atoms with Crippen LogP contribution in [0.15, 0.2) is 48.7 Å². The fraction of sp³-hybridized carbons (Fsp3) is 0.300. The van der Waals surface area contributed by atoms with Crippen molar-refractivity contribution in [2.75, 3.05) is 13.7 Å². The maximum atomic E-state index is 12.7. The Morgan fingerprint density at radius 2 is 2.12 bits per heavy atom. The van der Waals surface area contributed by atoms with Crippen LogP contribution in [0.4, 0.5) is 0 Å². The third kappa shape index (κ3) is 3.72. The average molecular weight is 349 g/mol. The minimum Gasteiger partial charge on any atom is -0.497 e. The molecule has 132 valence electrons. The van der Waals surface area contributed by atoms with E-state index in [0.29, 0.717) is 18.8 Å². The molecule has 1 aromatic carbocycles. The van der Waals surface area contributed by atoms with Gasteiger partial charge in [-0.2, -0.15) is 5.26 Å². The average Bonchev–Trinajstić information content (AvgIpc) is 3.04. The van der Waals surface area contributed by atoms with Crippen molar-refractivity contribution < 1.29 is 14.3 Å². The Bertz CT molecular complexity index is 828. The van der Waals surface area contributed by atoms with Gasteiger partial charge in [-0.3, -0.25) is 14.6 Å². The van der Waals surface area contributed by atoms with E-state index in [0.717, 1.165) is 11.3 Å². The highest BCUT2D eigenvalue weighted by molar-refractivity contribution is 5.95. The Kier molecular flexibility index (Phi) is 5.28. The Balaban J connectivity index is 1.68. The van der Waals surface area contributed by atoms with Crippen LogP contribution in [0.3, 0.4) is 0 Å². The molecule has 1 fully saturated rings. The zero-order valence-corrected chi connectivity index (χ0v) is 14.5. The normalized spacial score (nSPS) is 17.6. The quantitative estimate of drug-likeness (QED) is 0.799. The Morgan fingerprint density at radius 1 is 1.35 bits per heavy atom. The molecule has 2 unspecified atom stereocenters. The topological polar surface area (TPSA) is 83.3 Å². The monoisotopic (exact) mass is 349 g/mol. The summed E-state index contributed by atoms with van der Waals surface area (Å²) >= 11 is 0. The van der Waals surface area contributed by atoms with Crippen molar-refractivity contribution in [1.82, 2.24) is 9.88 Å². The SMILES string of the molecule is COc1ccc(CN2CC(C(=O)C(C#N)c3ccccn3)CC2=O)cc1. The molecular weight excluding hydrogens is 330 g/mol. The van der Waals surface area contributed by atoms with Crippen LogP contribution in [0.1, 0.15) is 23.6 Å². The molecule has 1 aromatic heterocycles. The number of carbonyl (C=O) groups excluding carboxylic acids is 2. The lowest BCUT2D eigenvalue weighted by atomic mass is 9.90. The molecule has 0 bridgehead atoms. The van der Waals surface area contributed by atoms with Crippen LogP contribution in [0.5, 0.6) is 5.75 Å². The summed E-state index contributed by atoms with van der Waals surface area (Å²) in [6.07, 6.45) is 1.70. The summed E-state index contributed by atoms with van der Waals surface area (Å²) in [7, 11) is 1.60. The Morgan fingerprint density at radius 3 is 2.73 bits per heavy atom. The van der Waals surface area contributed by atoms with Crippen LogP contribution in [-0.2, 0) is 16.1 Å². The first-order valence-corrected chi connectivity index (χ1v) is 8.37. The summed E-state index contributed by atoms with van der Waals surface area (Å²) in [5.74, 6) is -0.974. The first kappa shape index (κ1) is 17.6. The molecule has 2 aromatic rings. The van der Waals surface area contributed by atoms with Crippen molar-refractivity contribution in [2.45, 2.75) is 18.9 Å². The van der Waals surface area contributed by atoms with Gasteiger partial charge in [-0.05, 0) is 29.8 Å². The van der Waals surface area contributed by atoms with Crippen LogP contribution >= 0.6 is 0 Å². The fourth-order valence-corrected chi connectivity index (χ4v) is 3.12. The summed E-state index contributed by atoms with van der Waals surface area (Å²) in [4.78, 5) is 30.8. The summed E-state index contributed by atoms with van der Waals surface area (Å²) in [6, 6.07) is 14.6.